The lowest BCUT2D eigenvalue weighted by Crippen LogP contribution is -2.47. The molecule has 10 rings (SSSR count). The summed E-state index contributed by atoms with van der Waals surface area (Å²) in [7, 11) is 7.29. The van der Waals surface area contributed by atoms with Crippen molar-refractivity contribution >= 4 is 35.6 Å². The summed E-state index contributed by atoms with van der Waals surface area (Å²) in [5, 5.41) is 41.3. The molecule has 588 valence electrons. The SMILES string of the molecule is COCCOC1C(Cc2cccc(CC3OC(=O)C(NC(=O)c4nccc(OC)c4O)CCCC(CC4CCCC(CC5OC(=O)C(NC(=O)c6nccc(OC)c6O)CCCC(Cc6ccc(OC)cc6)C5Oc5ccccc5)C4)C3OCC(C)C)c2)CCCC(NC(=O)c2nccc(OC)c2O)C(=O)OC1C. The summed E-state index contributed by atoms with van der Waals surface area (Å²) in [6.07, 6.45) is 9.22. The van der Waals surface area contributed by atoms with Crippen LogP contribution in [0.5, 0.6) is 46.0 Å². The van der Waals surface area contributed by atoms with Gasteiger partial charge in [-0.05, 0) is 148 Å². The molecule has 109 heavy (non-hydrogen) atoms. The number of ether oxygens (including phenoxy) is 11. The molecule has 0 bridgehead atoms. The first kappa shape index (κ1) is 81.7. The molecule has 1 saturated carbocycles. The standard InChI is InChI=1S/C83H106N6O20/c1-49(2)48-105-76-57(45-53-18-13-20-55(42-53)47-68-77(107-60-24-10-9-11-25-60)58(43-51-29-31-59(100-5)32-30-51)23-16-28-63(83(98)109-68)89-80(95)71-74(92)66(103-8)35-38-86-71)22-15-27-62(88-79(94)70-73(91)65(102-7)34-37-85-70)82(97)108-67(76)46-54-19-12-17-52(41-54)44-56-21-14-26-61(81(96)106-50(3)75(56)104-40-39-99-4)87-78(93)69-72(90)64(101-6)33-36-84-69/h9-12,17,19,24-25,29-38,41,49-50,53,55-58,61-63,67-68,75-77,90-92H,13-16,18,20-23,26-28,39-40,42-48H2,1-8H3,(H,87,93)(H,88,94)(H,89,95). The van der Waals surface area contributed by atoms with Crippen LogP contribution in [0.1, 0.15) is 165 Å². The monoisotopic (exact) mass is 1510 g/mol. The molecular weight excluding hydrogens is 1400 g/mol. The minimum atomic E-state index is -1.15. The lowest BCUT2D eigenvalue weighted by Gasteiger charge is -2.39. The number of methoxy groups -OCH3 is 5. The lowest BCUT2D eigenvalue weighted by molar-refractivity contribution is -0.164. The van der Waals surface area contributed by atoms with E-state index >= 15 is 4.79 Å². The molecule has 4 aliphatic rings. The van der Waals surface area contributed by atoms with Crippen molar-refractivity contribution in [3.05, 3.63) is 149 Å². The van der Waals surface area contributed by atoms with E-state index in [2.05, 4.69) is 50.8 Å². The molecular formula is C83H106N6O20. The van der Waals surface area contributed by atoms with Crippen molar-refractivity contribution in [2.75, 3.05) is 55.4 Å². The third kappa shape index (κ3) is 22.2. The van der Waals surface area contributed by atoms with Gasteiger partial charge in [0.15, 0.2) is 51.6 Å². The van der Waals surface area contributed by atoms with E-state index in [1.54, 1.807) is 21.1 Å². The van der Waals surface area contributed by atoms with Gasteiger partial charge in [0.1, 0.15) is 54.0 Å². The fraction of sp³-hybridized carbons (Fsp3) is 0.530. The Kier molecular flexibility index (Phi) is 30.0. The summed E-state index contributed by atoms with van der Waals surface area (Å²) in [6, 6.07) is 26.5. The summed E-state index contributed by atoms with van der Waals surface area (Å²) < 4.78 is 67.3. The van der Waals surface area contributed by atoms with E-state index in [9.17, 15) is 39.3 Å². The number of aromatic hydroxyl groups is 3. The van der Waals surface area contributed by atoms with E-state index in [0.717, 1.165) is 42.4 Å². The number of nitrogens with zero attached hydrogens (tertiary/aromatic N) is 3. The van der Waals surface area contributed by atoms with E-state index in [1.807, 2.05) is 72.8 Å². The number of amides is 3. The first-order valence-electron chi connectivity index (χ1n) is 38.1. The average Bonchev–Trinajstić information content (AvgIpc) is 1.81. The van der Waals surface area contributed by atoms with Crippen LogP contribution in [0, 0.1) is 35.5 Å². The van der Waals surface area contributed by atoms with Crippen LogP contribution in [0.2, 0.25) is 0 Å². The number of para-hydroxylation sites is 1. The smallest absolute Gasteiger partial charge is 0.329 e. The Balaban J connectivity index is 0.945. The molecule has 26 nitrogen and oxygen atoms in total. The van der Waals surface area contributed by atoms with Gasteiger partial charge in [0.2, 0.25) is 0 Å². The Morgan fingerprint density at radius 1 is 0.477 bits per heavy atom. The summed E-state index contributed by atoms with van der Waals surface area (Å²) in [4.78, 5) is 98.2. The summed E-state index contributed by atoms with van der Waals surface area (Å²) in [5.74, 6) is -4.59. The molecule has 3 amide bonds. The van der Waals surface area contributed by atoms with Crippen LogP contribution in [0.4, 0.5) is 0 Å². The Bertz CT molecular complexity index is 3980. The number of aromatic nitrogens is 3. The van der Waals surface area contributed by atoms with Crippen LogP contribution >= 0.6 is 0 Å². The predicted octanol–water partition coefficient (Wildman–Crippen LogP) is 11.0. The Morgan fingerprint density at radius 2 is 0.954 bits per heavy atom. The van der Waals surface area contributed by atoms with Gasteiger partial charge in [0.05, 0.1) is 53.9 Å². The summed E-state index contributed by atoms with van der Waals surface area (Å²) in [5.41, 5.74) is 1.90. The van der Waals surface area contributed by atoms with Crippen LogP contribution in [0.15, 0.2) is 116 Å². The van der Waals surface area contributed by atoms with Gasteiger partial charge in [0.25, 0.3) is 17.7 Å². The number of carbonyl (C=O) groups is 6. The molecule has 14 atom stereocenters. The van der Waals surface area contributed by atoms with Gasteiger partial charge in [-0.1, -0.05) is 107 Å². The van der Waals surface area contributed by atoms with E-state index in [0.29, 0.717) is 82.3 Å². The second-order valence-electron chi connectivity index (χ2n) is 29.4. The molecule has 3 aromatic carbocycles. The van der Waals surface area contributed by atoms with E-state index < -0.39 is 108 Å². The molecule has 14 unspecified atom stereocenters. The van der Waals surface area contributed by atoms with Crippen molar-refractivity contribution in [3.8, 4) is 46.0 Å². The highest BCUT2D eigenvalue weighted by Gasteiger charge is 2.44. The Labute approximate surface area is 637 Å². The van der Waals surface area contributed by atoms with Gasteiger partial charge in [-0.3, -0.25) is 14.4 Å². The molecule has 0 spiro atoms. The average molecular weight is 1510 g/mol. The summed E-state index contributed by atoms with van der Waals surface area (Å²) in [6.45, 7) is 6.74. The second kappa shape index (κ2) is 40.1. The van der Waals surface area contributed by atoms with Crippen molar-refractivity contribution < 1.29 is 96.2 Å². The third-order valence-corrected chi connectivity index (χ3v) is 21.3. The van der Waals surface area contributed by atoms with Crippen LogP contribution in [0.25, 0.3) is 0 Å². The Hall–Kier alpha value is -9.79. The maximum atomic E-state index is 15.1. The molecule has 3 saturated heterocycles. The van der Waals surface area contributed by atoms with Crippen LogP contribution < -0.4 is 39.6 Å². The molecule has 6 aromatic rings. The van der Waals surface area contributed by atoms with Crippen molar-refractivity contribution in [1.29, 1.82) is 0 Å². The largest absolute Gasteiger partial charge is 0.503 e. The minimum Gasteiger partial charge on any atom is -0.503 e. The van der Waals surface area contributed by atoms with Crippen molar-refractivity contribution in [2.24, 2.45) is 35.5 Å². The number of cyclic esters (lactones) is 3. The summed E-state index contributed by atoms with van der Waals surface area (Å²) >= 11 is 0. The third-order valence-electron chi connectivity index (χ3n) is 21.3. The Morgan fingerprint density at radius 3 is 1.47 bits per heavy atom. The number of pyridine rings is 3. The normalized spacial score (nSPS) is 25.0. The number of hydrogen-bond acceptors (Lipinski definition) is 23. The number of esters is 3. The van der Waals surface area contributed by atoms with Gasteiger partial charge in [0, 0.05) is 62.8 Å². The zero-order valence-corrected chi connectivity index (χ0v) is 63.6. The van der Waals surface area contributed by atoms with Crippen LogP contribution in [-0.2, 0) is 62.1 Å². The maximum absolute atomic E-state index is 15.1. The van der Waals surface area contributed by atoms with Crippen LogP contribution in [0.3, 0.4) is 0 Å². The van der Waals surface area contributed by atoms with Crippen molar-refractivity contribution in [1.82, 2.24) is 30.9 Å². The fourth-order valence-electron chi connectivity index (χ4n) is 15.9. The number of benzene rings is 3. The molecule has 6 N–H and O–H groups in total. The molecule has 1 aliphatic carbocycles. The fourth-order valence-corrected chi connectivity index (χ4v) is 15.9. The molecule has 3 aromatic heterocycles. The van der Waals surface area contributed by atoms with Gasteiger partial charge in [-0.15, -0.1) is 0 Å². The number of rotatable bonds is 29. The lowest BCUT2D eigenvalue weighted by atomic mass is 9.72. The number of nitrogens with one attached hydrogen (secondary N) is 3. The van der Waals surface area contributed by atoms with Gasteiger partial charge in [-0.2, -0.15) is 0 Å². The minimum absolute atomic E-state index is 0.0259. The van der Waals surface area contributed by atoms with Crippen molar-refractivity contribution in [3.63, 3.8) is 0 Å². The zero-order chi connectivity index (χ0) is 77.5. The highest BCUT2D eigenvalue weighted by atomic mass is 16.6. The zero-order valence-electron chi connectivity index (χ0n) is 63.6. The molecule has 4 fully saturated rings. The van der Waals surface area contributed by atoms with Gasteiger partial charge in [-0.25, -0.2) is 29.3 Å². The first-order valence-corrected chi connectivity index (χ1v) is 38.1. The molecule has 26 heteroatoms. The number of carbonyl (C=O) groups excluding carboxylic acids is 6. The second-order valence-corrected chi connectivity index (χ2v) is 29.4. The van der Waals surface area contributed by atoms with E-state index in [-0.39, 0.29) is 109 Å². The number of hydrogen-bond donors (Lipinski definition) is 6. The topological polar surface area (TPSA) is 339 Å². The predicted molar refractivity (Wildman–Crippen MR) is 401 cm³/mol. The maximum Gasteiger partial charge on any atom is 0.329 e. The molecule has 3 aliphatic heterocycles. The van der Waals surface area contributed by atoms with E-state index in [1.165, 1.54) is 58.1 Å². The van der Waals surface area contributed by atoms with Crippen LogP contribution in [-0.4, -0.2) is 176 Å². The first-order chi connectivity index (χ1) is 52.7. The van der Waals surface area contributed by atoms with E-state index in [4.69, 9.17) is 52.1 Å². The molecule has 0 radical (unpaired) electrons. The molecule has 6 heterocycles. The highest BCUT2D eigenvalue weighted by Crippen LogP contribution is 2.43. The quantitative estimate of drug-likeness (QED) is 0.0144. The van der Waals surface area contributed by atoms with Gasteiger partial charge < -0.3 is 83.4 Å². The highest BCUT2D eigenvalue weighted by molar-refractivity contribution is 5.99. The van der Waals surface area contributed by atoms with Crippen molar-refractivity contribution in [2.45, 2.75) is 191 Å². The van der Waals surface area contributed by atoms with Gasteiger partial charge >= 0.3 is 17.9 Å².